The van der Waals surface area contributed by atoms with Crippen molar-refractivity contribution in [1.29, 1.82) is 0 Å². The van der Waals surface area contributed by atoms with E-state index in [1.165, 1.54) is 12.0 Å². The standard InChI is InChI=1S/C21H28O2/c1-14-6-5-7-17-18(14,2)10-11-20(4)19(17,3)13-15-12-16(22)8-9-21(15,20)23/h6,8-9,12,17,23H,5,7,10-11,13H2,1-4H3/t17?,18-,19+,20-,21+/m1/s1. The number of fused-ring (bicyclic) bond motifs is 5. The summed E-state index contributed by atoms with van der Waals surface area (Å²) in [5, 5.41) is 11.6. The Kier molecular flexibility index (Phi) is 2.86. The largest absolute Gasteiger partial charge is 0.381 e. The first-order valence-corrected chi connectivity index (χ1v) is 9.01. The number of carbonyl (C=O) groups is 1. The summed E-state index contributed by atoms with van der Waals surface area (Å²) in [6, 6.07) is 0. The van der Waals surface area contributed by atoms with E-state index in [-0.39, 0.29) is 22.0 Å². The monoisotopic (exact) mass is 312 g/mol. The molecular weight excluding hydrogens is 284 g/mol. The summed E-state index contributed by atoms with van der Waals surface area (Å²) in [4.78, 5) is 11.9. The molecule has 2 nitrogen and oxygen atoms in total. The first kappa shape index (κ1) is 15.4. The van der Waals surface area contributed by atoms with E-state index in [9.17, 15) is 9.90 Å². The quantitative estimate of drug-likeness (QED) is 0.675. The van der Waals surface area contributed by atoms with E-state index < -0.39 is 5.60 Å². The number of rotatable bonds is 0. The molecule has 0 saturated heterocycles. The third-order valence-electron chi connectivity index (χ3n) is 8.44. The zero-order valence-electron chi connectivity index (χ0n) is 14.8. The maximum absolute atomic E-state index is 11.9. The molecule has 23 heavy (non-hydrogen) atoms. The average molecular weight is 312 g/mol. The van der Waals surface area contributed by atoms with Crippen molar-refractivity contribution in [3.63, 3.8) is 0 Å². The summed E-state index contributed by atoms with van der Waals surface area (Å²) >= 11 is 0. The number of carbonyl (C=O) groups excluding carboxylic acids is 1. The van der Waals surface area contributed by atoms with Crippen LogP contribution in [0.5, 0.6) is 0 Å². The van der Waals surface area contributed by atoms with Crippen molar-refractivity contribution in [3.8, 4) is 0 Å². The summed E-state index contributed by atoms with van der Waals surface area (Å²) in [5.74, 6) is 0.593. The van der Waals surface area contributed by atoms with E-state index in [1.54, 1.807) is 18.2 Å². The third kappa shape index (κ3) is 1.56. The number of aliphatic hydroxyl groups is 1. The topological polar surface area (TPSA) is 37.3 Å². The summed E-state index contributed by atoms with van der Waals surface area (Å²) in [6.07, 6.45) is 12.8. The maximum atomic E-state index is 11.9. The molecule has 5 atom stereocenters. The number of hydrogen-bond acceptors (Lipinski definition) is 2. The molecule has 0 radical (unpaired) electrons. The highest BCUT2D eigenvalue weighted by Gasteiger charge is 2.70. The van der Waals surface area contributed by atoms with Crippen LogP contribution < -0.4 is 0 Å². The Morgan fingerprint density at radius 1 is 1.22 bits per heavy atom. The lowest BCUT2D eigenvalue weighted by Gasteiger charge is -2.62. The van der Waals surface area contributed by atoms with Gasteiger partial charge in [0.2, 0.25) is 0 Å². The Balaban J connectivity index is 1.89. The van der Waals surface area contributed by atoms with E-state index in [0.29, 0.717) is 5.92 Å². The first-order valence-electron chi connectivity index (χ1n) is 9.01. The van der Waals surface area contributed by atoms with Crippen LogP contribution in [0.25, 0.3) is 0 Å². The van der Waals surface area contributed by atoms with Crippen LogP contribution in [0.3, 0.4) is 0 Å². The smallest absolute Gasteiger partial charge is 0.178 e. The Labute approximate surface area is 139 Å². The van der Waals surface area contributed by atoms with Gasteiger partial charge in [-0.2, -0.15) is 0 Å². The molecule has 2 fully saturated rings. The van der Waals surface area contributed by atoms with Gasteiger partial charge >= 0.3 is 0 Å². The van der Waals surface area contributed by atoms with Crippen LogP contribution in [0.4, 0.5) is 0 Å². The van der Waals surface area contributed by atoms with Crippen LogP contribution in [0, 0.1) is 22.2 Å². The molecule has 0 amide bonds. The van der Waals surface area contributed by atoms with Crippen LogP contribution in [0.15, 0.2) is 35.5 Å². The van der Waals surface area contributed by atoms with Gasteiger partial charge < -0.3 is 5.11 Å². The van der Waals surface area contributed by atoms with Crippen LogP contribution in [0.2, 0.25) is 0 Å². The predicted octanol–water partition coefficient (Wildman–Crippen LogP) is 4.36. The third-order valence-corrected chi connectivity index (χ3v) is 8.44. The molecule has 4 aliphatic rings. The van der Waals surface area contributed by atoms with Crippen molar-refractivity contribution in [1.82, 2.24) is 0 Å². The molecule has 124 valence electrons. The molecule has 1 N–H and O–H groups in total. The van der Waals surface area contributed by atoms with Crippen molar-refractivity contribution in [3.05, 3.63) is 35.5 Å². The lowest BCUT2D eigenvalue weighted by molar-refractivity contribution is -0.142. The average Bonchev–Trinajstić information content (AvgIpc) is 2.67. The highest BCUT2D eigenvalue weighted by molar-refractivity contribution is 6.01. The van der Waals surface area contributed by atoms with Crippen LogP contribution in [-0.4, -0.2) is 16.5 Å². The fourth-order valence-electron chi connectivity index (χ4n) is 6.57. The first-order chi connectivity index (χ1) is 10.7. The van der Waals surface area contributed by atoms with Crippen molar-refractivity contribution in [2.24, 2.45) is 22.2 Å². The second-order valence-electron chi connectivity index (χ2n) is 9.03. The van der Waals surface area contributed by atoms with Crippen LogP contribution in [-0.2, 0) is 4.79 Å². The number of ketones is 1. The predicted molar refractivity (Wildman–Crippen MR) is 91.8 cm³/mol. The van der Waals surface area contributed by atoms with Gasteiger partial charge in [-0.3, -0.25) is 4.79 Å². The Morgan fingerprint density at radius 3 is 2.70 bits per heavy atom. The van der Waals surface area contributed by atoms with Crippen molar-refractivity contribution < 1.29 is 9.90 Å². The summed E-state index contributed by atoms with van der Waals surface area (Å²) < 4.78 is 0. The number of hydrogen-bond donors (Lipinski definition) is 1. The summed E-state index contributed by atoms with van der Waals surface area (Å²) in [6.45, 7) is 9.36. The lowest BCUT2D eigenvalue weighted by Crippen LogP contribution is -2.58. The van der Waals surface area contributed by atoms with Gasteiger partial charge in [0.1, 0.15) is 5.60 Å². The molecule has 1 unspecified atom stereocenters. The summed E-state index contributed by atoms with van der Waals surface area (Å²) in [7, 11) is 0. The zero-order valence-corrected chi connectivity index (χ0v) is 14.8. The highest BCUT2D eigenvalue weighted by atomic mass is 16.3. The van der Waals surface area contributed by atoms with E-state index in [0.717, 1.165) is 31.3 Å². The molecule has 0 aliphatic heterocycles. The Bertz CT molecular complexity index is 684. The van der Waals surface area contributed by atoms with Crippen molar-refractivity contribution in [2.75, 3.05) is 0 Å². The Morgan fingerprint density at radius 2 is 1.96 bits per heavy atom. The molecule has 4 rings (SSSR count). The van der Waals surface area contributed by atoms with Gasteiger partial charge in [0.25, 0.3) is 0 Å². The van der Waals surface area contributed by atoms with Gasteiger partial charge in [0.05, 0.1) is 0 Å². The fraction of sp³-hybridized carbons (Fsp3) is 0.667. The lowest BCUT2D eigenvalue weighted by atomic mass is 9.42. The molecule has 0 aromatic carbocycles. The zero-order chi connectivity index (χ0) is 16.7. The molecule has 0 heterocycles. The minimum Gasteiger partial charge on any atom is -0.381 e. The molecule has 4 aliphatic carbocycles. The van der Waals surface area contributed by atoms with E-state index >= 15 is 0 Å². The fourth-order valence-corrected chi connectivity index (χ4v) is 6.57. The van der Waals surface area contributed by atoms with Gasteiger partial charge in [-0.1, -0.05) is 32.4 Å². The normalized spacial score (nSPS) is 51.5. The second kappa shape index (κ2) is 4.27. The highest BCUT2D eigenvalue weighted by Crippen LogP contribution is 2.74. The van der Waals surface area contributed by atoms with Crippen molar-refractivity contribution >= 4 is 5.78 Å². The molecule has 0 bridgehead atoms. The Hall–Kier alpha value is -1.15. The van der Waals surface area contributed by atoms with E-state index in [4.69, 9.17) is 0 Å². The number of allylic oxidation sites excluding steroid dienone is 4. The second-order valence-corrected chi connectivity index (χ2v) is 9.03. The van der Waals surface area contributed by atoms with E-state index in [2.05, 4.69) is 33.8 Å². The van der Waals surface area contributed by atoms with Gasteiger partial charge in [-0.15, -0.1) is 0 Å². The van der Waals surface area contributed by atoms with Gasteiger partial charge in [-0.05, 0) is 79.6 Å². The molecular formula is C21H28O2. The minimum absolute atomic E-state index is 0.0259. The van der Waals surface area contributed by atoms with Gasteiger partial charge in [-0.25, -0.2) is 0 Å². The van der Waals surface area contributed by atoms with E-state index in [1.807, 2.05) is 0 Å². The van der Waals surface area contributed by atoms with Gasteiger partial charge in [0.15, 0.2) is 5.78 Å². The van der Waals surface area contributed by atoms with Crippen LogP contribution >= 0.6 is 0 Å². The maximum Gasteiger partial charge on any atom is 0.178 e. The van der Waals surface area contributed by atoms with Gasteiger partial charge in [0, 0.05) is 5.41 Å². The molecule has 0 aromatic heterocycles. The molecule has 0 spiro atoms. The molecule has 0 aromatic rings. The minimum atomic E-state index is -0.938. The summed E-state index contributed by atoms with van der Waals surface area (Å²) in [5.41, 5.74) is 1.62. The van der Waals surface area contributed by atoms with Crippen molar-refractivity contribution in [2.45, 2.75) is 65.4 Å². The molecule has 2 saturated carbocycles. The molecule has 2 heteroatoms. The van der Waals surface area contributed by atoms with Crippen LogP contribution in [0.1, 0.15) is 59.8 Å². The SMILES string of the molecule is CC1=CCCC2[C@]3(C)CC4=CC(=O)C=C[C@@]4(O)[C@]3(C)CC[C@]12C.